The summed E-state index contributed by atoms with van der Waals surface area (Å²) in [6, 6.07) is 15.2. The number of amides is 1. The number of carbonyl (C=O) groups is 3. The van der Waals surface area contributed by atoms with Crippen molar-refractivity contribution in [3.05, 3.63) is 88.9 Å². The minimum atomic E-state index is -0.660. The number of ether oxygens (including phenoxy) is 2. The predicted molar refractivity (Wildman–Crippen MR) is 105 cm³/mol. The van der Waals surface area contributed by atoms with Crippen molar-refractivity contribution < 1.29 is 28.3 Å². The lowest BCUT2D eigenvalue weighted by atomic mass is 10.1. The van der Waals surface area contributed by atoms with Crippen LogP contribution in [0.15, 0.2) is 65.3 Å². The Bertz CT molecular complexity index is 1050. The second-order valence-corrected chi connectivity index (χ2v) is 6.21. The first-order chi connectivity index (χ1) is 14.0. The number of furan rings is 1. The standard InChI is InChI=1S/C22H19NO6/c1-14-6-5-7-15(12-14)20(24)23-18-9-4-3-8-17(18)21(25)29-13-16-10-11-28-19(16)22(26)27-2/h3-12H,13H2,1-2H3,(H,23,24). The summed E-state index contributed by atoms with van der Waals surface area (Å²) in [4.78, 5) is 36.7. The molecule has 0 radical (unpaired) electrons. The van der Waals surface area contributed by atoms with Gasteiger partial charge in [0.2, 0.25) is 5.76 Å². The maximum Gasteiger partial charge on any atom is 0.374 e. The van der Waals surface area contributed by atoms with Crippen LogP contribution < -0.4 is 5.32 Å². The van der Waals surface area contributed by atoms with Crippen LogP contribution in [0.2, 0.25) is 0 Å². The molecule has 1 heterocycles. The molecule has 0 fully saturated rings. The largest absolute Gasteiger partial charge is 0.463 e. The van der Waals surface area contributed by atoms with Crippen LogP contribution in [0.5, 0.6) is 0 Å². The number of aryl methyl sites for hydroxylation is 1. The van der Waals surface area contributed by atoms with Gasteiger partial charge >= 0.3 is 11.9 Å². The summed E-state index contributed by atoms with van der Waals surface area (Å²) in [5, 5.41) is 2.73. The van der Waals surface area contributed by atoms with Crippen LogP contribution in [-0.2, 0) is 16.1 Å². The van der Waals surface area contributed by atoms with Gasteiger partial charge in [-0.05, 0) is 37.3 Å². The molecule has 0 aliphatic carbocycles. The fourth-order valence-corrected chi connectivity index (χ4v) is 2.69. The molecule has 0 aliphatic rings. The molecule has 7 nitrogen and oxygen atoms in total. The van der Waals surface area contributed by atoms with Crippen molar-refractivity contribution in [2.45, 2.75) is 13.5 Å². The van der Waals surface area contributed by atoms with E-state index in [4.69, 9.17) is 9.15 Å². The summed E-state index contributed by atoms with van der Waals surface area (Å²) in [7, 11) is 1.23. The van der Waals surface area contributed by atoms with E-state index in [1.54, 1.807) is 42.5 Å². The Balaban J connectivity index is 1.73. The Morgan fingerprint density at radius 2 is 1.79 bits per heavy atom. The highest BCUT2D eigenvalue weighted by atomic mass is 16.5. The van der Waals surface area contributed by atoms with Gasteiger partial charge in [-0.1, -0.05) is 29.8 Å². The zero-order chi connectivity index (χ0) is 20.8. The molecule has 3 aromatic rings. The number of methoxy groups -OCH3 is 1. The molecule has 0 bridgehead atoms. The van der Waals surface area contributed by atoms with Gasteiger partial charge in [0.1, 0.15) is 6.61 Å². The van der Waals surface area contributed by atoms with Crippen LogP contribution in [0.1, 0.15) is 42.4 Å². The zero-order valence-electron chi connectivity index (χ0n) is 15.9. The highest BCUT2D eigenvalue weighted by molar-refractivity contribution is 6.08. The summed E-state index contributed by atoms with van der Waals surface area (Å²) in [6.07, 6.45) is 1.31. The van der Waals surface area contributed by atoms with Crippen LogP contribution in [0, 0.1) is 6.92 Å². The quantitative estimate of drug-likeness (QED) is 0.637. The minimum absolute atomic E-state index is 0.0265. The van der Waals surface area contributed by atoms with Crippen molar-refractivity contribution in [2.24, 2.45) is 0 Å². The smallest absolute Gasteiger partial charge is 0.374 e. The summed E-state index contributed by atoms with van der Waals surface area (Å²) in [5.41, 5.74) is 2.33. The Kier molecular flexibility index (Phi) is 6.09. The monoisotopic (exact) mass is 393 g/mol. The van der Waals surface area contributed by atoms with E-state index in [1.807, 2.05) is 13.0 Å². The van der Waals surface area contributed by atoms with E-state index in [0.29, 0.717) is 16.8 Å². The Hall–Kier alpha value is -3.87. The zero-order valence-corrected chi connectivity index (χ0v) is 15.9. The van der Waals surface area contributed by atoms with Gasteiger partial charge in [0.15, 0.2) is 0 Å². The third-order valence-corrected chi connectivity index (χ3v) is 4.15. The maximum atomic E-state index is 12.6. The van der Waals surface area contributed by atoms with Gasteiger partial charge < -0.3 is 19.2 Å². The average Bonchev–Trinajstić information content (AvgIpc) is 3.20. The van der Waals surface area contributed by atoms with Crippen molar-refractivity contribution in [1.29, 1.82) is 0 Å². The molecular formula is C22H19NO6. The number of anilines is 1. The maximum absolute atomic E-state index is 12.6. The number of hydrogen-bond acceptors (Lipinski definition) is 6. The van der Waals surface area contributed by atoms with Gasteiger partial charge in [0.05, 0.1) is 24.6 Å². The normalized spacial score (nSPS) is 10.3. The molecule has 29 heavy (non-hydrogen) atoms. The molecule has 148 valence electrons. The van der Waals surface area contributed by atoms with Crippen LogP contribution in [-0.4, -0.2) is 25.0 Å². The van der Waals surface area contributed by atoms with Gasteiger partial charge in [0.25, 0.3) is 5.91 Å². The number of rotatable bonds is 6. The number of esters is 2. The molecule has 1 N–H and O–H groups in total. The third-order valence-electron chi connectivity index (χ3n) is 4.15. The molecule has 0 unspecified atom stereocenters. The first-order valence-electron chi connectivity index (χ1n) is 8.78. The van der Waals surface area contributed by atoms with E-state index in [1.165, 1.54) is 19.4 Å². The van der Waals surface area contributed by atoms with E-state index >= 15 is 0 Å². The van der Waals surface area contributed by atoms with Crippen molar-refractivity contribution in [3.63, 3.8) is 0 Å². The van der Waals surface area contributed by atoms with E-state index in [2.05, 4.69) is 10.1 Å². The van der Waals surface area contributed by atoms with E-state index in [9.17, 15) is 14.4 Å². The first kappa shape index (κ1) is 19.9. The Labute approximate surface area is 167 Å². The minimum Gasteiger partial charge on any atom is -0.463 e. The predicted octanol–water partition coefficient (Wildman–Crippen LogP) is 3.98. The summed E-state index contributed by atoms with van der Waals surface area (Å²) >= 11 is 0. The molecule has 0 spiro atoms. The van der Waals surface area contributed by atoms with Gasteiger partial charge in [-0.2, -0.15) is 0 Å². The fourth-order valence-electron chi connectivity index (χ4n) is 2.69. The topological polar surface area (TPSA) is 94.8 Å². The fraction of sp³-hybridized carbons (Fsp3) is 0.136. The van der Waals surface area contributed by atoms with Crippen molar-refractivity contribution >= 4 is 23.5 Å². The lowest BCUT2D eigenvalue weighted by molar-refractivity contribution is 0.0454. The molecule has 0 saturated carbocycles. The Morgan fingerprint density at radius 3 is 2.55 bits per heavy atom. The number of carbonyl (C=O) groups excluding carboxylic acids is 3. The van der Waals surface area contributed by atoms with E-state index < -0.39 is 11.9 Å². The Morgan fingerprint density at radius 1 is 1.00 bits per heavy atom. The van der Waals surface area contributed by atoms with Crippen LogP contribution in [0.3, 0.4) is 0 Å². The molecule has 3 rings (SSSR count). The van der Waals surface area contributed by atoms with E-state index in [-0.39, 0.29) is 23.8 Å². The molecule has 0 saturated heterocycles. The van der Waals surface area contributed by atoms with Crippen molar-refractivity contribution in [2.75, 3.05) is 12.4 Å². The number of para-hydroxylation sites is 1. The molecule has 2 aromatic carbocycles. The van der Waals surface area contributed by atoms with Crippen LogP contribution >= 0.6 is 0 Å². The highest BCUT2D eigenvalue weighted by Crippen LogP contribution is 2.20. The molecular weight excluding hydrogens is 374 g/mol. The number of hydrogen-bond donors (Lipinski definition) is 1. The molecule has 7 heteroatoms. The lowest BCUT2D eigenvalue weighted by Crippen LogP contribution is -2.16. The lowest BCUT2D eigenvalue weighted by Gasteiger charge is -2.11. The summed E-state index contributed by atoms with van der Waals surface area (Å²) in [6.45, 7) is 1.71. The summed E-state index contributed by atoms with van der Waals surface area (Å²) in [5.74, 6) is -1.67. The van der Waals surface area contributed by atoms with Gasteiger partial charge in [-0.3, -0.25) is 4.79 Å². The molecule has 0 atom stereocenters. The van der Waals surface area contributed by atoms with Crippen LogP contribution in [0.4, 0.5) is 5.69 Å². The number of benzene rings is 2. The molecule has 1 aromatic heterocycles. The second kappa shape index (κ2) is 8.88. The average molecular weight is 393 g/mol. The second-order valence-electron chi connectivity index (χ2n) is 6.21. The van der Waals surface area contributed by atoms with Crippen LogP contribution in [0.25, 0.3) is 0 Å². The van der Waals surface area contributed by atoms with Gasteiger partial charge in [-0.25, -0.2) is 9.59 Å². The van der Waals surface area contributed by atoms with Crippen molar-refractivity contribution in [3.8, 4) is 0 Å². The SMILES string of the molecule is COC(=O)c1occc1COC(=O)c1ccccc1NC(=O)c1cccc(C)c1. The van der Waals surface area contributed by atoms with Crippen molar-refractivity contribution in [1.82, 2.24) is 0 Å². The summed E-state index contributed by atoms with van der Waals surface area (Å²) < 4.78 is 15.0. The highest BCUT2D eigenvalue weighted by Gasteiger charge is 2.19. The molecule has 1 amide bonds. The first-order valence-corrected chi connectivity index (χ1v) is 8.78. The third kappa shape index (κ3) is 4.70. The van der Waals surface area contributed by atoms with E-state index in [0.717, 1.165) is 5.56 Å². The number of nitrogens with one attached hydrogen (secondary N) is 1. The van der Waals surface area contributed by atoms with Gasteiger partial charge in [-0.15, -0.1) is 0 Å². The van der Waals surface area contributed by atoms with Gasteiger partial charge in [0, 0.05) is 11.1 Å². The molecule has 0 aliphatic heterocycles.